The number of para-hydroxylation sites is 1. The van der Waals surface area contributed by atoms with Gasteiger partial charge in [-0.25, -0.2) is 0 Å². The van der Waals surface area contributed by atoms with Crippen LogP contribution in [0.15, 0.2) is 29.3 Å². The Hall–Kier alpha value is -0.630. The number of thioether (sulfide) groups is 1. The molecule has 0 aromatic heterocycles. The minimum atomic E-state index is 0. The summed E-state index contributed by atoms with van der Waals surface area (Å²) in [6.07, 6.45) is 2.66. The van der Waals surface area contributed by atoms with E-state index in [4.69, 9.17) is 9.73 Å². The SMILES string of the molecule is CCNC(=NCC(C)c1ccccc1OC)NCC1CCCS1.I. The Morgan fingerprint density at radius 1 is 1.38 bits per heavy atom. The second-order valence-corrected chi connectivity index (χ2v) is 7.29. The van der Waals surface area contributed by atoms with Crippen LogP contribution in [0.3, 0.4) is 0 Å². The largest absolute Gasteiger partial charge is 0.496 e. The maximum atomic E-state index is 5.45. The number of hydrogen-bond acceptors (Lipinski definition) is 3. The van der Waals surface area contributed by atoms with Crippen molar-refractivity contribution in [2.45, 2.75) is 37.9 Å². The lowest BCUT2D eigenvalue weighted by Gasteiger charge is -2.17. The van der Waals surface area contributed by atoms with E-state index in [1.165, 1.54) is 24.2 Å². The Balaban J connectivity index is 0.00000288. The summed E-state index contributed by atoms with van der Waals surface area (Å²) in [6.45, 7) is 6.92. The molecule has 2 rings (SSSR count). The monoisotopic (exact) mass is 463 g/mol. The molecular formula is C18H30IN3OS. The van der Waals surface area contributed by atoms with Crippen LogP contribution < -0.4 is 15.4 Å². The molecule has 2 N–H and O–H groups in total. The predicted octanol–water partition coefficient (Wildman–Crippen LogP) is 3.87. The molecule has 1 aliphatic heterocycles. The zero-order chi connectivity index (χ0) is 16.5. The topological polar surface area (TPSA) is 45.7 Å². The lowest BCUT2D eigenvalue weighted by molar-refractivity contribution is 0.407. The number of hydrogen-bond donors (Lipinski definition) is 2. The Morgan fingerprint density at radius 2 is 2.17 bits per heavy atom. The van der Waals surface area contributed by atoms with Gasteiger partial charge in [0.05, 0.1) is 7.11 Å². The third kappa shape index (κ3) is 6.70. The Bertz CT molecular complexity index is 507. The van der Waals surface area contributed by atoms with Crippen molar-refractivity contribution in [1.82, 2.24) is 10.6 Å². The van der Waals surface area contributed by atoms with Crippen LogP contribution >= 0.6 is 35.7 Å². The van der Waals surface area contributed by atoms with Crippen LogP contribution in [0, 0.1) is 0 Å². The molecule has 2 unspecified atom stereocenters. The van der Waals surface area contributed by atoms with E-state index in [-0.39, 0.29) is 24.0 Å². The summed E-state index contributed by atoms with van der Waals surface area (Å²) in [4.78, 5) is 4.76. The first kappa shape index (κ1) is 21.4. The maximum Gasteiger partial charge on any atom is 0.191 e. The fourth-order valence-electron chi connectivity index (χ4n) is 2.76. The van der Waals surface area contributed by atoms with Crippen LogP contribution in [0.25, 0.3) is 0 Å². The standard InChI is InChI=1S/C18H29N3OS.HI/c1-4-19-18(21-13-15-8-7-11-23-15)20-12-14(2)16-9-5-6-10-17(16)22-3;/h5-6,9-10,14-15H,4,7-8,11-13H2,1-3H3,(H2,19,20,21);1H. The first-order chi connectivity index (χ1) is 11.2. The van der Waals surface area contributed by atoms with E-state index in [0.717, 1.165) is 36.6 Å². The van der Waals surface area contributed by atoms with E-state index in [2.05, 4.69) is 48.4 Å². The van der Waals surface area contributed by atoms with Crippen molar-refractivity contribution in [2.24, 2.45) is 4.99 Å². The summed E-state index contributed by atoms with van der Waals surface area (Å²) in [5, 5.41) is 7.55. The highest BCUT2D eigenvalue weighted by molar-refractivity contribution is 14.0. The third-order valence-corrected chi connectivity index (χ3v) is 5.46. The van der Waals surface area contributed by atoms with Crippen LogP contribution in [0.2, 0.25) is 0 Å². The molecule has 1 aromatic rings. The summed E-state index contributed by atoms with van der Waals surface area (Å²) in [7, 11) is 1.72. The van der Waals surface area contributed by atoms with Crippen LogP contribution in [-0.4, -0.2) is 43.7 Å². The van der Waals surface area contributed by atoms with E-state index in [0.29, 0.717) is 5.92 Å². The van der Waals surface area contributed by atoms with Gasteiger partial charge in [-0.05, 0) is 37.1 Å². The molecule has 0 amide bonds. The molecule has 136 valence electrons. The second-order valence-electron chi connectivity index (χ2n) is 5.88. The van der Waals surface area contributed by atoms with Gasteiger partial charge in [-0.3, -0.25) is 4.99 Å². The molecule has 1 fully saturated rings. The number of guanidine groups is 1. The summed E-state index contributed by atoms with van der Waals surface area (Å²) in [5.74, 6) is 3.48. The lowest BCUT2D eigenvalue weighted by Crippen LogP contribution is -2.40. The highest BCUT2D eigenvalue weighted by Crippen LogP contribution is 2.26. The fraction of sp³-hybridized carbons (Fsp3) is 0.611. The molecule has 0 bridgehead atoms. The summed E-state index contributed by atoms with van der Waals surface area (Å²) >= 11 is 2.07. The second kappa shape index (κ2) is 11.8. The normalized spacial score (nSPS) is 18.6. The number of ether oxygens (including phenoxy) is 1. The lowest BCUT2D eigenvalue weighted by atomic mass is 10.0. The van der Waals surface area contributed by atoms with Gasteiger partial charge in [-0.1, -0.05) is 25.1 Å². The zero-order valence-electron chi connectivity index (χ0n) is 14.9. The zero-order valence-corrected chi connectivity index (χ0v) is 18.0. The number of methoxy groups -OCH3 is 1. The fourth-order valence-corrected chi connectivity index (χ4v) is 3.96. The van der Waals surface area contributed by atoms with Crippen molar-refractivity contribution in [1.29, 1.82) is 0 Å². The Morgan fingerprint density at radius 3 is 2.83 bits per heavy atom. The first-order valence-corrected chi connectivity index (χ1v) is 9.56. The van der Waals surface area contributed by atoms with Crippen LogP contribution in [-0.2, 0) is 0 Å². The van der Waals surface area contributed by atoms with E-state index in [9.17, 15) is 0 Å². The Kier molecular flexibility index (Phi) is 10.6. The molecule has 0 saturated carbocycles. The van der Waals surface area contributed by atoms with Gasteiger partial charge in [0.15, 0.2) is 5.96 Å². The van der Waals surface area contributed by atoms with Crippen molar-refractivity contribution in [2.75, 3.05) is 32.5 Å². The molecule has 4 nitrogen and oxygen atoms in total. The number of benzene rings is 1. The molecule has 6 heteroatoms. The maximum absolute atomic E-state index is 5.45. The van der Waals surface area contributed by atoms with Gasteiger partial charge < -0.3 is 15.4 Å². The first-order valence-electron chi connectivity index (χ1n) is 8.51. The average molecular weight is 463 g/mol. The van der Waals surface area contributed by atoms with Crippen LogP contribution in [0.1, 0.15) is 38.2 Å². The van der Waals surface area contributed by atoms with Crippen molar-refractivity contribution in [3.63, 3.8) is 0 Å². The minimum Gasteiger partial charge on any atom is -0.496 e. The van der Waals surface area contributed by atoms with Gasteiger partial charge in [0.2, 0.25) is 0 Å². The van der Waals surface area contributed by atoms with Crippen LogP contribution in [0.4, 0.5) is 0 Å². The molecule has 24 heavy (non-hydrogen) atoms. The number of halogens is 1. The summed E-state index contributed by atoms with van der Waals surface area (Å²) in [5.41, 5.74) is 1.21. The number of nitrogens with zero attached hydrogens (tertiary/aromatic N) is 1. The van der Waals surface area contributed by atoms with Gasteiger partial charge in [0.1, 0.15) is 5.75 Å². The van der Waals surface area contributed by atoms with Gasteiger partial charge in [0, 0.05) is 30.8 Å². The molecule has 1 saturated heterocycles. The molecule has 0 spiro atoms. The van der Waals surface area contributed by atoms with Crippen LogP contribution in [0.5, 0.6) is 5.75 Å². The van der Waals surface area contributed by atoms with Gasteiger partial charge >= 0.3 is 0 Å². The predicted molar refractivity (Wildman–Crippen MR) is 116 cm³/mol. The van der Waals surface area contributed by atoms with E-state index < -0.39 is 0 Å². The summed E-state index contributed by atoms with van der Waals surface area (Å²) < 4.78 is 5.45. The molecular weight excluding hydrogens is 433 g/mol. The highest BCUT2D eigenvalue weighted by atomic mass is 127. The molecule has 1 heterocycles. The van der Waals surface area contributed by atoms with Crippen molar-refractivity contribution < 1.29 is 4.74 Å². The number of nitrogens with one attached hydrogen (secondary N) is 2. The van der Waals surface area contributed by atoms with E-state index >= 15 is 0 Å². The molecule has 0 aliphatic carbocycles. The average Bonchev–Trinajstić information content (AvgIpc) is 3.10. The number of aliphatic imine (C=N–C) groups is 1. The minimum absolute atomic E-state index is 0. The summed E-state index contributed by atoms with van der Waals surface area (Å²) in [6, 6.07) is 8.19. The highest BCUT2D eigenvalue weighted by Gasteiger charge is 2.16. The van der Waals surface area contributed by atoms with Crippen molar-refractivity contribution in [3.8, 4) is 5.75 Å². The smallest absolute Gasteiger partial charge is 0.191 e. The van der Waals surface area contributed by atoms with Gasteiger partial charge in [0.25, 0.3) is 0 Å². The van der Waals surface area contributed by atoms with E-state index in [1.807, 2.05) is 12.1 Å². The van der Waals surface area contributed by atoms with Crippen molar-refractivity contribution >= 4 is 41.7 Å². The van der Waals surface area contributed by atoms with E-state index in [1.54, 1.807) is 7.11 Å². The molecule has 1 aromatic carbocycles. The van der Waals surface area contributed by atoms with Crippen molar-refractivity contribution in [3.05, 3.63) is 29.8 Å². The van der Waals surface area contributed by atoms with Gasteiger partial charge in [-0.15, -0.1) is 24.0 Å². The quantitative estimate of drug-likeness (QED) is 0.366. The molecule has 2 atom stereocenters. The molecule has 0 radical (unpaired) electrons. The molecule has 1 aliphatic rings. The number of rotatable bonds is 7. The van der Waals surface area contributed by atoms with Gasteiger partial charge in [-0.2, -0.15) is 11.8 Å². The Labute approximate surface area is 167 Å². The third-order valence-electron chi connectivity index (χ3n) is 4.06.